The molecule has 3 heterocycles. The van der Waals surface area contributed by atoms with Gasteiger partial charge in [0.25, 0.3) is 0 Å². The van der Waals surface area contributed by atoms with Gasteiger partial charge in [0.2, 0.25) is 0 Å². The van der Waals surface area contributed by atoms with E-state index in [-0.39, 0.29) is 12.2 Å². The second-order valence-corrected chi connectivity index (χ2v) is 6.88. The van der Waals surface area contributed by atoms with E-state index in [1.165, 1.54) is 11.3 Å². The molecule has 1 aliphatic heterocycles. The summed E-state index contributed by atoms with van der Waals surface area (Å²) in [5, 5.41) is 13.6. The van der Waals surface area contributed by atoms with Crippen molar-refractivity contribution < 1.29 is 14.3 Å². The molecule has 0 spiro atoms. The minimum Gasteiger partial charge on any atom is -0.423 e. The Labute approximate surface area is 114 Å². The third kappa shape index (κ3) is 1.69. The standard InChI is InChI=1S/C14H16O4S/c1-13(2,3)14(16)7-17-6-9-8-4-5-19-10(8)12(15)18-11(9)14/h4-5,16H,6-7H2,1-3H3. The Balaban J connectivity index is 2.38. The van der Waals surface area contributed by atoms with Gasteiger partial charge in [0.15, 0.2) is 5.60 Å². The van der Waals surface area contributed by atoms with Gasteiger partial charge in [-0.05, 0) is 11.4 Å². The summed E-state index contributed by atoms with van der Waals surface area (Å²) in [6.45, 7) is 6.22. The Hall–Kier alpha value is -1.17. The van der Waals surface area contributed by atoms with E-state index < -0.39 is 11.0 Å². The highest BCUT2D eigenvalue weighted by molar-refractivity contribution is 7.17. The van der Waals surface area contributed by atoms with Crippen molar-refractivity contribution >= 4 is 21.4 Å². The van der Waals surface area contributed by atoms with E-state index >= 15 is 0 Å². The molecular weight excluding hydrogens is 264 g/mol. The zero-order chi connectivity index (χ0) is 13.8. The maximum Gasteiger partial charge on any atom is 0.354 e. The van der Waals surface area contributed by atoms with Gasteiger partial charge in [-0.15, -0.1) is 11.3 Å². The largest absolute Gasteiger partial charge is 0.423 e. The SMILES string of the molecule is CC(C)(C)C1(O)COCc2c1oc(=O)c1sccc21. The Morgan fingerprint density at radius 1 is 1.42 bits per heavy atom. The topological polar surface area (TPSA) is 59.7 Å². The lowest BCUT2D eigenvalue weighted by Gasteiger charge is -2.42. The molecule has 0 aromatic carbocycles. The number of hydrogen-bond acceptors (Lipinski definition) is 5. The molecule has 0 fully saturated rings. The third-order valence-electron chi connectivity index (χ3n) is 3.82. The maximum absolute atomic E-state index is 12.0. The lowest BCUT2D eigenvalue weighted by Crippen LogP contribution is -2.47. The van der Waals surface area contributed by atoms with Gasteiger partial charge in [-0.3, -0.25) is 0 Å². The van der Waals surface area contributed by atoms with Crippen LogP contribution in [0.3, 0.4) is 0 Å². The van der Waals surface area contributed by atoms with Crippen LogP contribution in [0, 0.1) is 5.41 Å². The number of thiophene rings is 1. The molecule has 1 atom stereocenters. The first-order valence-corrected chi connectivity index (χ1v) is 7.06. The van der Waals surface area contributed by atoms with E-state index in [1.807, 2.05) is 32.2 Å². The van der Waals surface area contributed by atoms with Crippen molar-refractivity contribution in [3.05, 3.63) is 33.2 Å². The van der Waals surface area contributed by atoms with Gasteiger partial charge in [-0.25, -0.2) is 4.79 Å². The van der Waals surface area contributed by atoms with Gasteiger partial charge >= 0.3 is 5.63 Å². The number of ether oxygens (including phenoxy) is 1. The van der Waals surface area contributed by atoms with E-state index in [9.17, 15) is 9.90 Å². The predicted molar refractivity (Wildman–Crippen MR) is 73.4 cm³/mol. The van der Waals surface area contributed by atoms with Crippen molar-refractivity contribution in [3.63, 3.8) is 0 Å². The van der Waals surface area contributed by atoms with Gasteiger partial charge in [0.05, 0.1) is 13.2 Å². The van der Waals surface area contributed by atoms with Crippen LogP contribution in [0.1, 0.15) is 32.1 Å². The average molecular weight is 280 g/mol. The molecule has 3 rings (SSSR count). The molecule has 0 saturated carbocycles. The molecule has 0 aliphatic carbocycles. The summed E-state index contributed by atoms with van der Waals surface area (Å²) in [4.78, 5) is 12.0. The Morgan fingerprint density at radius 2 is 2.16 bits per heavy atom. The van der Waals surface area contributed by atoms with Crippen molar-refractivity contribution in [3.8, 4) is 0 Å². The van der Waals surface area contributed by atoms with Gasteiger partial charge < -0.3 is 14.3 Å². The van der Waals surface area contributed by atoms with E-state index in [2.05, 4.69) is 0 Å². The Kier molecular flexibility index (Phi) is 2.64. The number of rotatable bonds is 0. The zero-order valence-electron chi connectivity index (χ0n) is 11.1. The van der Waals surface area contributed by atoms with E-state index in [0.717, 1.165) is 10.9 Å². The van der Waals surface area contributed by atoms with Crippen LogP contribution in [0.2, 0.25) is 0 Å². The molecule has 0 saturated heterocycles. The smallest absolute Gasteiger partial charge is 0.354 e. The quantitative estimate of drug-likeness (QED) is 0.806. The lowest BCUT2D eigenvalue weighted by molar-refractivity contribution is -0.151. The molecule has 4 nitrogen and oxygen atoms in total. The summed E-state index contributed by atoms with van der Waals surface area (Å²) >= 11 is 1.35. The van der Waals surface area contributed by atoms with Gasteiger partial charge in [-0.1, -0.05) is 20.8 Å². The maximum atomic E-state index is 12.0. The van der Waals surface area contributed by atoms with Crippen LogP contribution in [0.5, 0.6) is 0 Å². The first kappa shape index (κ1) is 12.8. The normalized spacial score (nSPS) is 23.6. The third-order valence-corrected chi connectivity index (χ3v) is 4.71. The van der Waals surface area contributed by atoms with Crippen molar-refractivity contribution in [2.24, 2.45) is 5.41 Å². The van der Waals surface area contributed by atoms with E-state index in [1.54, 1.807) is 0 Å². The summed E-state index contributed by atoms with van der Waals surface area (Å²) in [6.07, 6.45) is 0. The van der Waals surface area contributed by atoms with E-state index in [4.69, 9.17) is 9.15 Å². The molecule has 0 radical (unpaired) electrons. The first-order chi connectivity index (χ1) is 8.84. The molecule has 0 amide bonds. The van der Waals surface area contributed by atoms with Crippen LogP contribution in [0.4, 0.5) is 0 Å². The fraction of sp³-hybridized carbons (Fsp3) is 0.500. The van der Waals surface area contributed by atoms with Crippen molar-refractivity contribution in [1.82, 2.24) is 0 Å². The van der Waals surface area contributed by atoms with E-state index in [0.29, 0.717) is 17.1 Å². The van der Waals surface area contributed by atoms with Gasteiger partial charge in [0.1, 0.15) is 10.5 Å². The molecule has 2 aromatic heterocycles. The van der Waals surface area contributed by atoms with Crippen LogP contribution in [0.25, 0.3) is 10.1 Å². The van der Waals surface area contributed by atoms with Crippen molar-refractivity contribution in [2.45, 2.75) is 33.0 Å². The molecule has 2 aromatic rings. The van der Waals surface area contributed by atoms with Gasteiger partial charge in [-0.2, -0.15) is 0 Å². The lowest BCUT2D eigenvalue weighted by atomic mass is 9.73. The minimum absolute atomic E-state index is 0.141. The van der Waals surface area contributed by atoms with Crippen LogP contribution >= 0.6 is 11.3 Å². The second kappa shape index (κ2) is 3.91. The highest BCUT2D eigenvalue weighted by atomic mass is 32.1. The average Bonchev–Trinajstić information content (AvgIpc) is 2.79. The Bertz CT molecular complexity index is 692. The number of aliphatic hydroxyl groups is 1. The predicted octanol–water partition coefficient (Wildman–Crippen LogP) is 2.62. The summed E-state index contributed by atoms with van der Waals surface area (Å²) in [7, 11) is 0. The zero-order valence-corrected chi connectivity index (χ0v) is 12.0. The second-order valence-electron chi connectivity index (χ2n) is 5.96. The molecule has 0 bridgehead atoms. The van der Waals surface area contributed by atoms with Crippen LogP contribution in [-0.4, -0.2) is 11.7 Å². The summed E-state index contributed by atoms with van der Waals surface area (Å²) < 4.78 is 11.6. The Morgan fingerprint density at radius 3 is 2.84 bits per heavy atom. The van der Waals surface area contributed by atoms with Gasteiger partial charge in [0, 0.05) is 16.4 Å². The van der Waals surface area contributed by atoms with Crippen LogP contribution in [0.15, 0.2) is 20.7 Å². The molecule has 1 unspecified atom stereocenters. The molecule has 1 N–H and O–H groups in total. The van der Waals surface area contributed by atoms with Crippen LogP contribution < -0.4 is 5.63 Å². The summed E-state index contributed by atoms with van der Waals surface area (Å²) in [5.41, 5.74) is -1.36. The molecular formula is C14H16O4S. The highest BCUT2D eigenvalue weighted by Gasteiger charge is 2.48. The number of fused-ring (bicyclic) bond motifs is 3. The summed E-state index contributed by atoms with van der Waals surface area (Å²) in [5.74, 6) is 0.363. The minimum atomic E-state index is -1.28. The van der Waals surface area contributed by atoms with Crippen molar-refractivity contribution in [1.29, 1.82) is 0 Å². The number of hydrogen-bond donors (Lipinski definition) is 1. The monoisotopic (exact) mass is 280 g/mol. The molecule has 102 valence electrons. The fourth-order valence-electron chi connectivity index (χ4n) is 2.43. The molecule has 5 heteroatoms. The molecule has 19 heavy (non-hydrogen) atoms. The first-order valence-electron chi connectivity index (χ1n) is 6.18. The molecule has 1 aliphatic rings. The fourth-order valence-corrected chi connectivity index (χ4v) is 3.23. The van der Waals surface area contributed by atoms with Crippen molar-refractivity contribution in [2.75, 3.05) is 6.61 Å². The summed E-state index contributed by atoms with van der Waals surface area (Å²) in [6, 6.07) is 1.88. The highest BCUT2D eigenvalue weighted by Crippen LogP contribution is 2.44. The van der Waals surface area contributed by atoms with Crippen LogP contribution in [-0.2, 0) is 16.9 Å².